The average Bonchev–Trinajstić information content (AvgIpc) is 2.74. The average molecular weight is 369 g/mol. The van der Waals surface area contributed by atoms with E-state index >= 15 is 0 Å². The van der Waals surface area contributed by atoms with E-state index < -0.39 is 0 Å². The fourth-order valence-corrected chi connectivity index (χ4v) is 4.31. The van der Waals surface area contributed by atoms with E-state index in [0.717, 1.165) is 24.1 Å². The van der Waals surface area contributed by atoms with Crippen LogP contribution in [0.25, 0.3) is 32.7 Å². The highest BCUT2D eigenvalue weighted by Gasteiger charge is 2.22. The molecule has 0 aliphatic rings. The third-order valence-electron chi connectivity index (χ3n) is 6.48. The first-order chi connectivity index (χ1) is 13.6. The summed E-state index contributed by atoms with van der Waals surface area (Å²) >= 11 is 0. The van der Waals surface area contributed by atoms with Crippen LogP contribution in [0.1, 0.15) is 25.0 Å². The molecule has 1 nitrogen and oxygen atoms in total. The third-order valence-corrected chi connectivity index (χ3v) is 6.48. The number of nitrogens with zero attached hydrogens (tertiary/aromatic N) is 1. The van der Waals surface area contributed by atoms with E-state index in [1.807, 2.05) is 0 Å². The third kappa shape index (κ3) is 3.21. The van der Waals surface area contributed by atoms with Gasteiger partial charge in [-0.3, -0.25) is 0 Å². The Balaban J connectivity index is 2.08. The summed E-state index contributed by atoms with van der Waals surface area (Å²) in [7, 11) is 2.37. The molecule has 0 aliphatic heterocycles. The highest BCUT2D eigenvalue weighted by atomic mass is 15.3. The minimum Gasteiger partial charge on any atom is -0.323 e. The number of rotatable bonds is 5. The lowest BCUT2D eigenvalue weighted by Gasteiger charge is -2.33. The van der Waals surface area contributed by atoms with E-state index in [1.54, 1.807) is 0 Å². The number of fused-ring (bicyclic) bond motifs is 2. The van der Waals surface area contributed by atoms with Gasteiger partial charge in [-0.15, -0.1) is 0 Å². The molecular formula is C27H30N+. The van der Waals surface area contributed by atoms with Crippen LogP contribution in [-0.2, 0) is 6.54 Å². The number of hydrogen-bond acceptors (Lipinski definition) is 0. The molecule has 0 radical (unpaired) electrons. The van der Waals surface area contributed by atoms with Crippen LogP contribution < -0.4 is 0 Å². The Hall–Kier alpha value is -2.64. The first kappa shape index (κ1) is 18.7. The van der Waals surface area contributed by atoms with Crippen molar-refractivity contribution in [3.8, 4) is 11.1 Å². The number of aryl methyl sites for hydroxylation is 1. The van der Waals surface area contributed by atoms with E-state index in [-0.39, 0.29) is 0 Å². The summed E-state index contributed by atoms with van der Waals surface area (Å²) in [4.78, 5) is 0. The molecule has 0 saturated carbocycles. The number of benzene rings is 4. The Kier molecular flexibility index (Phi) is 4.95. The lowest BCUT2D eigenvalue weighted by molar-refractivity contribution is -0.919. The Bertz CT molecular complexity index is 1140. The van der Waals surface area contributed by atoms with E-state index in [4.69, 9.17) is 0 Å². The molecule has 0 saturated heterocycles. The number of hydrogen-bond donors (Lipinski definition) is 0. The summed E-state index contributed by atoms with van der Waals surface area (Å²) in [5.74, 6) is 0. The summed E-state index contributed by atoms with van der Waals surface area (Å²) in [5, 5.41) is 5.33. The largest absolute Gasteiger partial charge is 0.323 e. The standard InChI is InChI=1S/C27H30N/c1-5-28(4,6-2)19-23-18-17-22-12-8-10-14-25(22)27(23)26-20(3)15-16-21-11-7-9-13-24(21)26/h7-18H,5-6,19H2,1-4H3/q+1. The summed E-state index contributed by atoms with van der Waals surface area (Å²) in [6.45, 7) is 10.2. The van der Waals surface area contributed by atoms with Crippen LogP contribution >= 0.6 is 0 Å². The van der Waals surface area contributed by atoms with Crippen molar-refractivity contribution in [2.24, 2.45) is 0 Å². The van der Waals surface area contributed by atoms with Crippen LogP contribution in [0, 0.1) is 6.92 Å². The van der Waals surface area contributed by atoms with Crippen molar-refractivity contribution < 1.29 is 4.48 Å². The molecule has 4 rings (SSSR count). The van der Waals surface area contributed by atoms with Crippen molar-refractivity contribution >= 4 is 21.5 Å². The fraction of sp³-hybridized carbons (Fsp3) is 0.259. The maximum Gasteiger partial charge on any atom is 0.105 e. The minimum atomic E-state index is 1.05. The van der Waals surface area contributed by atoms with Gasteiger partial charge in [0.1, 0.15) is 6.54 Å². The van der Waals surface area contributed by atoms with Gasteiger partial charge in [0.15, 0.2) is 0 Å². The zero-order valence-corrected chi connectivity index (χ0v) is 17.5. The minimum absolute atomic E-state index is 1.05. The van der Waals surface area contributed by atoms with Gasteiger partial charge in [-0.1, -0.05) is 72.8 Å². The molecule has 1 heteroatoms. The first-order valence-corrected chi connectivity index (χ1v) is 10.4. The van der Waals surface area contributed by atoms with Crippen LogP contribution in [0.5, 0.6) is 0 Å². The van der Waals surface area contributed by atoms with Crippen molar-refractivity contribution in [3.05, 3.63) is 83.9 Å². The Labute approximate surface area is 168 Å². The van der Waals surface area contributed by atoms with E-state index in [0.29, 0.717) is 0 Å². The summed E-state index contributed by atoms with van der Waals surface area (Å²) in [6, 6.07) is 26.8. The molecule has 4 aromatic rings. The van der Waals surface area contributed by atoms with Crippen LogP contribution in [-0.4, -0.2) is 24.6 Å². The van der Waals surface area contributed by atoms with E-state index in [1.165, 1.54) is 43.8 Å². The molecule has 142 valence electrons. The zero-order chi connectivity index (χ0) is 19.7. The van der Waals surface area contributed by atoms with Gasteiger partial charge in [0.25, 0.3) is 0 Å². The number of quaternary nitrogens is 1. The molecule has 4 aromatic carbocycles. The Morgan fingerprint density at radius 2 is 1.18 bits per heavy atom. The lowest BCUT2D eigenvalue weighted by atomic mass is 9.87. The van der Waals surface area contributed by atoms with Crippen molar-refractivity contribution in [2.45, 2.75) is 27.3 Å². The van der Waals surface area contributed by atoms with E-state index in [2.05, 4.69) is 101 Å². The maximum absolute atomic E-state index is 2.37. The summed E-state index contributed by atoms with van der Waals surface area (Å²) < 4.78 is 1.05. The normalized spacial score (nSPS) is 12.0. The Morgan fingerprint density at radius 3 is 1.79 bits per heavy atom. The molecule has 0 unspecified atom stereocenters. The van der Waals surface area contributed by atoms with Crippen molar-refractivity contribution in [1.82, 2.24) is 0 Å². The smallest absolute Gasteiger partial charge is 0.105 e. The molecule has 0 fully saturated rings. The highest BCUT2D eigenvalue weighted by Crippen LogP contribution is 2.39. The predicted octanol–water partition coefficient (Wildman–Crippen LogP) is 6.95. The van der Waals surface area contributed by atoms with Gasteiger partial charge in [0.05, 0.1) is 20.1 Å². The summed E-state index contributed by atoms with van der Waals surface area (Å²) in [5.41, 5.74) is 5.60. The van der Waals surface area contributed by atoms with Gasteiger partial charge in [0.2, 0.25) is 0 Å². The molecule has 28 heavy (non-hydrogen) atoms. The van der Waals surface area contributed by atoms with Crippen LogP contribution in [0.3, 0.4) is 0 Å². The van der Waals surface area contributed by atoms with Gasteiger partial charge in [-0.05, 0) is 59.0 Å². The predicted molar refractivity (Wildman–Crippen MR) is 123 cm³/mol. The second-order valence-corrected chi connectivity index (χ2v) is 8.21. The highest BCUT2D eigenvalue weighted by molar-refractivity contribution is 6.07. The molecule has 0 heterocycles. The quantitative estimate of drug-likeness (QED) is 0.334. The molecule has 0 aromatic heterocycles. The SMILES string of the molecule is CC[N+](C)(CC)Cc1ccc2ccccc2c1-c1c(C)ccc2ccccc12. The van der Waals surface area contributed by atoms with Crippen LogP contribution in [0.15, 0.2) is 72.8 Å². The van der Waals surface area contributed by atoms with E-state index in [9.17, 15) is 0 Å². The fourth-order valence-electron chi connectivity index (χ4n) is 4.31. The van der Waals surface area contributed by atoms with Gasteiger partial charge >= 0.3 is 0 Å². The first-order valence-electron chi connectivity index (χ1n) is 10.4. The lowest BCUT2D eigenvalue weighted by Crippen LogP contribution is -2.42. The molecule has 0 atom stereocenters. The molecule has 0 amide bonds. The molecule has 0 N–H and O–H groups in total. The zero-order valence-electron chi connectivity index (χ0n) is 17.5. The van der Waals surface area contributed by atoms with Crippen LogP contribution in [0.4, 0.5) is 0 Å². The van der Waals surface area contributed by atoms with Gasteiger partial charge < -0.3 is 4.48 Å². The maximum atomic E-state index is 2.37. The molecule has 0 spiro atoms. The Morgan fingerprint density at radius 1 is 0.643 bits per heavy atom. The monoisotopic (exact) mass is 368 g/mol. The second kappa shape index (κ2) is 7.41. The molecule has 0 aliphatic carbocycles. The van der Waals surface area contributed by atoms with Gasteiger partial charge in [-0.25, -0.2) is 0 Å². The van der Waals surface area contributed by atoms with Crippen molar-refractivity contribution in [3.63, 3.8) is 0 Å². The van der Waals surface area contributed by atoms with Crippen molar-refractivity contribution in [1.29, 1.82) is 0 Å². The van der Waals surface area contributed by atoms with Crippen LogP contribution in [0.2, 0.25) is 0 Å². The van der Waals surface area contributed by atoms with Gasteiger partial charge in [0, 0.05) is 5.56 Å². The van der Waals surface area contributed by atoms with Gasteiger partial charge in [-0.2, -0.15) is 0 Å². The molecular weight excluding hydrogens is 338 g/mol. The van der Waals surface area contributed by atoms with Crippen molar-refractivity contribution in [2.75, 3.05) is 20.1 Å². The second-order valence-electron chi connectivity index (χ2n) is 8.21. The molecule has 0 bridgehead atoms. The topological polar surface area (TPSA) is 0 Å². The summed E-state index contributed by atoms with van der Waals surface area (Å²) in [6.07, 6.45) is 0.